The van der Waals surface area contributed by atoms with Crippen LogP contribution in [0.1, 0.15) is 122 Å². The minimum Gasteiger partial charge on any atom is -0.354 e. The van der Waals surface area contributed by atoms with Gasteiger partial charge in [-0.2, -0.15) is 0 Å². The van der Waals surface area contributed by atoms with Gasteiger partial charge in [-0.25, -0.2) is 0 Å². The van der Waals surface area contributed by atoms with Crippen LogP contribution in [0.5, 0.6) is 0 Å². The van der Waals surface area contributed by atoms with Crippen molar-refractivity contribution in [2.75, 3.05) is 39.3 Å². The largest absolute Gasteiger partial charge is 0.354 e. The number of rotatable bonds is 17. The van der Waals surface area contributed by atoms with Gasteiger partial charge in [-0.3, -0.25) is 9.59 Å². The van der Waals surface area contributed by atoms with Crippen molar-refractivity contribution in [3.63, 3.8) is 0 Å². The summed E-state index contributed by atoms with van der Waals surface area (Å²) in [6.07, 6.45) is 23.0. The van der Waals surface area contributed by atoms with E-state index in [0.717, 1.165) is 45.4 Å². The zero-order valence-corrected chi connectivity index (χ0v) is 22.4. The van der Waals surface area contributed by atoms with Gasteiger partial charge in [0.25, 0.3) is 0 Å². The van der Waals surface area contributed by atoms with E-state index in [1.165, 1.54) is 89.9 Å². The fraction of sp³-hybridized carbons (Fsp3) is 0.929. The quantitative estimate of drug-likeness (QED) is 0.173. The molecular weight excluding hydrogens is 424 g/mol. The molecule has 0 bridgehead atoms. The van der Waals surface area contributed by atoms with Crippen LogP contribution >= 0.6 is 0 Å². The highest BCUT2D eigenvalue weighted by atomic mass is 16.2. The molecule has 0 atom stereocenters. The van der Waals surface area contributed by atoms with E-state index < -0.39 is 5.92 Å². The summed E-state index contributed by atoms with van der Waals surface area (Å²) in [6.45, 7) is 6.82. The first kappa shape index (κ1) is 30.9. The maximum atomic E-state index is 12.6. The average molecular weight is 481 g/mol. The Bertz CT molecular complexity index is 463. The Morgan fingerprint density at radius 2 is 0.912 bits per heavy atom. The van der Waals surface area contributed by atoms with Crippen LogP contribution in [0, 0.1) is 5.92 Å². The third-order valence-corrected chi connectivity index (χ3v) is 6.89. The number of nitrogens with one attached hydrogen (secondary N) is 4. The van der Waals surface area contributed by atoms with Gasteiger partial charge >= 0.3 is 0 Å². The Balaban J connectivity index is 2.04. The lowest BCUT2D eigenvalue weighted by Crippen LogP contribution is -2.45. The van der Waals surface area contributed by atoms with Gasteiger partial charge in [-0.15, -0.1) is 0 Å². The second kappa shape index (κ2) is 23.6. The van der Waals surface area contributed by atoms with E-state index >= 15 is 0 Å². The molecule has 0 unspecified atom stereocenters. The predicted octanol–water partition coefficient (Wildman–Crippen LogP) is 5.07. The highest BCUT2D eigenvalue weighted by molar-refractivity contribution is 6.00. The topological polar surface area (TPSA) is 82.3 Å². The molecule has 0 aromatic rings. The van der Waals surface area contributed by atoms with Gasteiger partial charge in [-0.1, -0.05) is 110 Å². The first-order chi connectivity index (χ1) is 16.8. The summed E-state index contributed by atoms with van der Waals surface area (Å²) in [5, 5.41) is 12.6. The fourth-order valence-corrected chi connectivity index (χ4v) is 4.66. The highest BCUT2D eigenvalue weighted by Gasteiger charge is 2.25. The summed E-state index contributed by atoms with van der Waals surface area (Å²) in [5.74, 6) is -0.801. The monoisotopic (exact) mass is 480 g/mol. The van der Waals surface area contributed by atoms with Crippen LogP contribution in [-0.2, 0) is 9.59 Å². The number of hydrogen-bond donors (Lipinski definition) is 4. The highest BCUT2D eigenvalue weighted by Crippen LogP contribution is 2.16. The molecule has 1 saturated heterocycles. The molecule has 1 aliphatic heterocycles. The van der Waals surface area contributed by atoms with Crippen LogP contribution in [0.2, 0.25) is 0 Å². The molecule has 0 radical (unpaired) electrons. The van der Waals surface area contributed by atoms with Crippen LogP contribution in [0.15, 0.2) is 0 Å². The number of unbranched alkanes of at least 4 members (excludes halogenated alkanes) is 15. The zero-order chi connectivity index (χ0) is 24.5. The maximum Gasteiger partial charge on any atom is 0.232 e. The molecule has 4 N–H and O–H groups in total. The lowest BCUT2D eigenvalue weighted by molar-refractivity contribution is -0.135. The van der Waals surface area contributed by atoms with E-state index in [-0.39, 0.29) is 11.8 Å². The lowest BCUT2D eigenvalue weighted by Gasteiger charge is -2.18. The smallest absolute Gasteiger partial charge is 0.232 e. The molecule has 1 aliphatic rings. The van der Waals surface area contributed by atoms with E-state index in [1.54, 1.807) is 0 Å². The molecule has 0 aromatic heterocycles. The lowest BCUT2D eigenvalue weighted by atomic mass is 9.98. The van der Waals surface area contributed by atoms with E-state index in [4.69, 9.17) is 0 Å². The molecule has 0 aromatic carbocycles. The van der Waals surface area contributed by atoms with Crippen molar-refractivity contribution in [3.05, 3.63) is 0 Å². The Kier molecular flexibility index (Phi) is 21.4. The van der Waals surface area contributed by atoms with Gasteiger partial charge in [0.1, 0.15) is 5.92 Å². The van der Waals surface area contributed by atoms with Crippen LogP contribution in [0.3, 0.4) is 0 Å². The summed E-state index contributed by atoms with van der Waals surface area (Å²) < 4.78 is 0. The molecule has 0 aliphatic carbocycles. The minimum absolute atomic E-state index is 0.120. The third-order valence-electron chi connectivity index (χ3n) is 6.89. The van der Waals surface area contributed by atoms with Crippen molar-refractivity contribution in [3.8, 4) is 0 Å². The van der Waals surface area contributed by atoms with Crippen molar-refractivity contribution < 1.29 is 9.59 Å². The van der Waals surface area contributed by atoms with E-state index in [1.807, 2.05) is 0 Å². The number of amides is 2. The van der Waals surface area contributed by atoms with E-state index in [0.29, 0.717) is 19.5 Å². The van der Waals surface area contributed by atoms with Crippen molar-refractivity contribution >= 4 is 11.8 Å². The van der Waals surface area contributed by atoms with Crippen LogP contribution < -0.4 is 21.3 Å². The summed E-state index contributed by atoms with van der Waals surface area (Å²) in [4.78, 5) is 25.1. The molecule has 0 saturated carbocycles. The molecule has 1 fully saturated rings. The molecule has 2 amide bonds. The molecular formula is C28H56N4O2. The molecule has 34 heavy (non-hydrogen) atoms. The van der Waals surface area contributed by atoms with E-state index in [9.17, 15) is 9.59 Å². The number of carbonyl (C=O) groups excluding carboxylic acids is 2. The molecule has 6 nitrogen and oxygen atoms in total. The Labute approximate surface area is 210 Å². The molecule has 200 valence electrons. The van der Waals surface area contributed by atoms with Gasteiger partial charge in [0.2, 0.25) is 11.8 Å². The Morgan fingerprint density at radius 1 is 0.529 bits per heavy atom. The summed E-state index contributed by atoms with van der Waals surface area (Å²) in [5.41, 5.74) is 0. The maximum absolute atomic E-state index is 12.6. The Hall–Kier alpha value is -1.14. The molecule has 6 heteroatoms. The number of hydrogen-bond acceptors (Lipinski definition) is 4. The van der Waals surface area contributed by atoms with Gasteiger partial charge in [0.15, 0.2) is 0 Å². The first-order valence-electron chi connectivity index (χ1n) is 14.7. The molecule has 1 rings (SSSR count). The zero-order valence-electron chi connectivity index (χ0n) is 22.4. The summed E-state index contributed by atoms with van der Waals surface area (Å²) >= 11 is 0. The van der Waals surface area contributed by atoms with Crippen molar-refractivity contribution in [1.29, 1.82) is 0 Å². The van der Waals surface area contributed by atoms with Crippen LogP contribution in [0.25, 0.3) is 0 Å². The molecule has 1 heterocycles. The standard InChI is InChI=1S/C28H56N4O2/c1-2-3-4-5-6-7-8-9-10-11-12-13-14-15-16-17-19-26-27(33)31-24-22-29-20-18-21-30-23-25-32-28(26)34/h26,29-30H,2-25H2,1H3,(H,31,33)(H,32,34). The molecule has 0 spiro atoms. The summed E-state index contributed by atoms with van der Waals surface area (Å²) in [7, 11) is 0. The second-order valence-corrected chi connectivity index (χ2v) is 10.1. The van der Waals surface area contributed by atoms with Crippen molar-refractivity contribution in [1.82, 2.24) is 21.3 Å². The van der Waals surface area contributed by atoms with Crippen molar-refractivity contribution in [2.45, 2.75) is 122 Å². The minimum atomic E-state index is -0.561. The predicted molar refractivity (Wildman–Crippen MR) is 144 cm³/mol. The van der Waals surface area contributed by atoms with E-state index in [2.05, 4.69) is 28.2 Å². The average Bonchev–Trinajstić information content (AvgIpc) is 2.83. The normalized spacial score (nSPS) is 17.2. The first-order valence-corrected chi connectivity index (χ1v) is 14.7. The van der Waals surface area contributed by atoms with Gasteiger partial charge in [-0.05, 0) is 25.9 Å². The number of carbonyl (C=O) groups is 2. The van der Waals surface area contributed by atoms with Gasteiger partial charge in [0.05, 0.1) is 0 Å². The van der Waals surface area contributed by atoms with Crippen LogP contribution in [-0.4, -0.2) is 51.1 Å². The van der Waals surface area contributed by atoms with Gasteiger partial charge < -0.3 is 21.3 Å². The SMILES string of the molecule is CCCCCCCCCCCCCCCCCCC1C(=O)NCCNCCCNCCNC1=O. The van der Waals surface area contributed by atoms with Crippen LogP contribution in [0.4, 0.5) is 0 Å². The van der Waals surface area contributed by atoms with Crippen molar-refractivity contribution in [2.24, 2.45) is 5.92 Å². The fourth-order valence-electron chi connectivity index (χ4n) is 4.66. The summed E-state index contributed by atoms with van der Waals surface area (Å²) in [6, 6.07) is 0. The third kappa shape index (κ3) is 18.2. The second-order valence-electron chi connectivity index (χ2n) is 10.1. The Morgan fingerprint density at radius 3 is 1.32 bits per heavy atom. The van der Waals surface area contributed by atoms with Gasteiger partial charge in [0, 0.05) is 26.2 Å².